The van der Waals surface area contributed by atoms with E-state index in [0.717, 1.165) is 31.6 Å². The number of ether oxygens (including phenoxy) is 1. The molecular formula is C14H17NO2. The number of benzene rings is 1. The molecular weight excluding hydrogens is 214 g/mol. The molecule has 17 heavy (non-hydrogen) atoms. The van der Waals surface area contributed by atoms with Crippen molar-refractivity contribution >= 4 is 5.91 Å². The Hall–Kier alpha value is -1.51. The molecule has 1 amide bonds. The van der Waals surface area contributed by atoms with Gasteiger partial charge in [-0.3, -0.25) is 4.79 Å². The third-order valence-corrected chi connectivity index (χ3v) is 4.22. The monoisotopic (exact) mass is 231 g/mol. The van der Waals surface area contributed by atoms with Crippen LogP contribution in [0.15, 0.2) is 18.2 Å². The first-order valence-corrected chi connectivity index (χ1v) is 6.18. The van der Waals surface area contributed by atoms with Gasteiger partial charge in [-0.1, -0.05) is 6.07 Å². The van der Waals surface area contributed by atoms with Crippen molar-refractivity contribution in [3.8, 4) is 5.75 Å². The first-order chi connectivity index (χ1) is 8.23. The number of fused-ring (bicyclic) bond motifs is 2. The van der Waals surface area contributed by atoms with Gasteiger partial charge in [0.2, 0.25) is 5.91 Å². The van der Waals surface area contributed by atoms with Crippen LogP contribution in [-0.4, -0.2) is 19.6 Å². The molecule has 0 bridgehead atoms. The molecule has 3 rings (SSSR count). The van der Waals surface area contributed by atoms with Crippen molar-refractivity contribution < 1.29 is 9.53 Å². The quantitative estimate of drug-likeness (QED) is 0.800. The minimum Gasteiger partial charge on any atom is -0.497 e. The van der Waals surface area contributed by atoms with Gasteiger partial charge < -0.3 is 10.1 Å². The molecule has 1 atom stereocenters. The van der Waals surface area contributed by atoms with Gasteiger partial charge in [-0.25, -0.2) is 0 Å². The summed E-state index contributed by atoms with van der Waals surface area (Å²) in [6, 6.07) is 6.35. The van der Waals surface area contributed by atoms with Gasteiger partial charge in [0.15, 0.2) is 0 Å². The lowest BCUT2D eigenvalue weighted by Gasteiger charge is -2.34. The Morgan fingerprint density at radius 1 is 1.29 bits per heavy atom. The van der Waals surface area contributed by atoms with Gasteiger partial charge in [0.05, 0.1) is 7.11 Å². The highest BCUT2D eigenvalue weighted by atomic mass is 16.5. The number of piperidine rings is 1. The van der Waals surface area contributed by atoms with Crippen LogP contribution in [0, 0.1) is 0 Å². The van der Waals surface area contributed by atoms with E-state index >= 15 is 0 Å². The topological polar surface area (TPSA) is 38.3 Å². The molecule has 0 radical (unpaired) electrons. The average Bonchev–Trinajstić information content (AvgIpc) is 2.72. The maximum atomic E-state index is 11.3. The predicted molar refractivity (Wildman–Crippen MR) is 65.2 cm³/mol. The molecule has 0 saturated carbocycles. The van der Waals surface area contributed by atoms with E-state index in [2.05, 4.69) is 17.4 Å². The zero-order chi connectivity index (χ0) is 11.9. The molecule has 0 aromatic heterocycles. The SMILES string of the molecule is COc1ccc2c(c1)C1(CCC(=O)NC1)CC2. The van der Waals surface area contributed by atoms with Crippen molar-refractivity contribution in [2.45, 2.75) is 31.1 Å². The summed E-state index contributed by atoms with van der Waals surface area (Å²) >= 11 is 0. The van der Waals surface area contributed by atoms with Crippen molar-refractivity contribution in [3.05, 3.63) is 29.3 Å². The number of hydrogen-bond donors (Lipinski definition) is 1. The summed E-state index contributed by atoms with van der Waals surface area (Å²) in [4.78, 5) is 11.3. The number of carbonyl (C=O) groups excluding carboxylic acids is 1. The Morgan fingerprint density at radius 2 is 2.12 bits per heavy atom. The molecule has 1 fully saturated rings. The molecule has 1 aromatic rings. The van der Waals surface area contributed by atoms with Crippen LogP contribution in [0.2, 0.25) is 0 Å². The molecule has 1 spiro atoms. The molecule has 90 valence electrons. The lowest BCUT2D eigenvalue weighted by atomic mass is 9.75. The molecule has 1 heterocycles. The van der Waals surface area contributed by atoms with E-state index in [-0.39, 0.29) is 11.3 Å². The van der Waals surface area contributed by atoms with E-state index in [1.54, 1.807) is 7.11 Å². The third-order valence-electron chi connectivity index (χ3n) is 4.22. The smallest absolute Gasteiger partial charge is 0.220 e. The molecule has 2 aliphatic rings. The third kappa shape index (κ3) is 1.61. The summed E-state index contributed by atoms with van der Waals surface area (Å²) in [7, 11) is 1.70. The first-order valence-electron chi connectivity index (χ1n) is 6.18. The Kier molecular flexibility index (Phi) is 2.35. The van der Waals surface area contributed by atoms with Gasteiger partial charge in [0.25, 0.3) is 0 Å². The highest BCUT2D eigenvalue weighted by molar-refractivity contribution is 5.77. The maximum absolute atomic E-state index is 11.3. The molecule has 3 nitrogen and oxygen atoms in total. The van der Waals surface area contributed by atoms with Crippen molar-refractivity contribution in [1.29, 1.82) is 0 Å². The van der Waals surface area contributed by atoms with Gasteiger partial charge in [-0.15, -0.1) is 0 Å². The second-order valence-corrected chi connectivity index (χ2v) is 5.08. The largest absolute Gasteiger partial charge is 0.497 e. The number of aryl methyl sites for hydroxylation is 1. The number of methoxy groups -OCH3 is 1. The van der Waals surface area contributed by atoms with Crippen molar-refractivity contribution in [1.82, 2.24) is 5.32 Å². The van der Waals surface area contributed by atoms with Gasteiger partial charge in [0.1, 0.15) is 5.75 Å². The number of nitrogens with one attached hydrogen (secondary N) is 1. The molecule has 1 aromatic carbocycles. The van der Waals surface area contributed by atoms with E-state index in [0.29, 0.717) is 6.42 Å². The van der Waals surface area contributed by atoms with Crippen molar-refractivity contribution in [2.24, 2.45) is 0 Å². The second kappa shape index (κ2) is 3.76. The summed E-state index contributed by atoms with van der Waals surface area (Å²) in [5.41, 5.74) is 2.97. The molecule has 3 heteroatoms. The van der Waals surface area contributed by atoms with E-state index in [1.807, 2.05) is 6.07 Å². The summed E-state index contributed by atoms with van der Waals surface area (Å²) in [6.45, 7) is 0.784. The predicted octanol–water partition coefficient (Wildman–Crippen LogP) is 1.79. The van der Waals surface area contributed by atoms with E-state index < -0.39 is 0 Å². The Labute approximate surface area is 101 Å². The van der Waals surface area contributed by atoms with Crippen molar-refractivity contribution in [3.63, 3.8) is 0 Å². The van der Waals surface area contributed by atoms with Crippen LogP contribution in [0.5, 0.6) is 5.75 Å². The lowest BCUT2D eigenvalue weighted by Crippen LogP contribution is -2.44. The fourth-order valence-electron chi connectivity index (χ4n) is 3.14. The van der Waals surface area contributed by atoms with Crippen LogP contribution >= 0.6 is 0 Å². The molecule has 1 unspecified atom stereocenters. The molecule has 1 aliphatic heterocycles. The van der Waals surface area contributed by atoms with Crippen LogP contribution in [-0.2, 0) is 16.6 Å². The standard InChI is InChI=1S/C14H17NO2/c1-17-11-3-2-10-4-6-14(12(10)8-11)7-5-13(16)15-9-14/h2-3,8H,4-7,9H2,1H3,(H,15,16). The minimum absolute atomic E-state index is 0.164. The van der Waals surface area contributed by atoms with Crippen LogP contribution in [0.1, 0.15) is 30.4 Å². The second-order valence-electron chi connectivity index (χ2n) is 5.08. The minimum atomic E-state index is 0.164. The fraction of sp³-hybridized carbons (Fsp3) is 0.500. The van der Waals surface area contributed by atoms with Gasteiger partial charge in [-0.2, -0.15) is 0 Å². The number of amides is 1. The molecule has 1 saturated heterocycles. The Bertz CT molecular complexity index is 457. The molecule has 1 N–H and O–H groups in total. The zero-order valence-corrected chi connectivity index (χ0v) is 10.1. The lowest BCUT2D eigenvalue weighted by molar-refractivity contribution is -0.123. The maximum Gasteiger partial charge on any atom is 0.220 e. The van der Waals surface area contributed by atoms with Crippen LogP contribution in [0.3, 0.4) is 0 Å². The van der Waals surface area contributed by atoms with Crippen LogP contribution in [0.25, 0.3) is 0 Å². The number of carbonyl (C=O) groups is 1. The van der Waals surface area contributed by atoms with Crippen LogP contribution < -0.4 is 10.1 Å². The first kappa shape index (κ1) is 10.6. The average molecular weight is 231 g/mol. The van der Waals surface area contributed by atoms with E-state index in [4.69, 9.17) is 4.74 Å². The summed E-state index contributed by atoms with van der Waals surface area (Å²) < 4.78 is 5.31. The fourth-order valence-corrected chi connectivity index (χ4v) is 3.14. The summed E-state index contributed by atoms with van der Waals surface area (Å²) in [6.07, 6.45) is 3.89. The highest BCUT2D eigenvalue weighted by Crippen LogP contribution is 2.44. The molecule has 1 aliphatic carbocycles. The summed E-state index contributed by atoms with van der Waals surface area (Å²) in [5.74, 6) is 1.11. The van der Waals surface area contributed by atoms with Gasteiger partial charge >= 0.3 is 0 Å². The van der Waals surface area contributed by atoms with E-state index in [9.17, 15) is 4.79 Å². The van der Waals surface area contributed by atoms with Crippen LogP contribution in [0.4, 0.5) is 0 Å². The van der Waals surface area contributed by atoms with Gasteiger partial charge in [0, 0.05) is 18.4 Å². The zero-order valence-electron chi connectivity index (χ0n) is 10.1. The Balaban J connectivity index is 1.99. The highest BCUT2D eigenvalue weighted by Gasteiger charge is 2.41. The number of hydrogen-bond acceptors (Lipinski definition) is 2. The Morgan fingerprint density at radius 3 is 2.82 bits per heavy atom. The normalized spacial score (nSPS) is 26.8. The van der Waals surface area contributed by atoms with E-state index in [1.165, 1.54) is 11.1 Å². The number of rotatable bonds is 1. The van der Waals surface area contributed by atoms with Gasteiger partial charge in [-0.05, 0) is 42.5 Å². The summed E-state index contributed by atoms with van der Waals surface area (Å²) in [5, 5.41) is 3.01. The van der Waals surface area contributed by atoms with Crippen molar-refractivity contribution in [2.75, 3.05) is 13.7 Å².